The van der Waals surface area contributed by atoms with Crippen molar-refractivity contribution in [3.8, 4) is 17.0 Å². The first kappa shape index (κ1) is 38.3. The molecule has 0 unspecified atom stereocenters. The first-order valence-corrected chi connectivity index (χ1v) is 20.1. The number of aromatic nitrogens is 1. The molecule has 3 amide bonds. The van der Waals surface area contributed by atoms with Gasteiger partial charge in [-0.25, -0.2) is 4.79 Å². The molecule has 10 heteroatoms. The Bertz CT molecular complexity index is 2000. The Morgan fingerprint density at radius 2 is 1.56 bits per heavy atom. The molecule has 7 rings (SSSR count). The molecule has 3 aromatic carbocycles. The molecule has 3 aliphatic heterocycles. The number of para-hydroxylation sites is 1. The first-order valence-electron chi connectivity index (χ1n) is 20.1. The van der Waals surface area contributed by atoms with Crippen LogP contribution in [0, 0.1) is 6.92 Å². The highest BCUT2D eigenvalue weighted by Gasteiger charge is 2.35. The molecule has 3 aliphatic rings. The van der Waals surface area contributed by atoms with Crippen LogP contribution in [0.4, 0.5) is 4.79 Å². The Hall–Kier alpha value is -4.93. The molecule has 1 aromatic heterocycles. The molecule has 0 spiro atoms. The minimum absolute atomic E-state index is 0.0322. The topological polar surface area (TPSA) is 87.6 Å². The molecule has 0 saturated carbocycles. The third kappa shape index (κ3) is 8.36. The predicted octanol–water partition coefficient (Wildman–Crippen LogP) is 7.11. The van der Waals surface area contributed by atoms with Crippen molar-refractivity contribution in [1.29, 1.82) is 0 Å². The maximum absolute atomic E-state index is 15.3. The summed E-state index contributed by atoms with van der Waals surface area (Å²) in [4.78, 5) is 51.0. The van der Waals surface area contributed by atoms with E-state index in [9.17, 15) is 9.59 Å². The lowest BCUT2D eigenvalue weighted by atomic mass is 9.89. The smallest absolute Gasteiger partial charge is 0.410 e. The number of unbranched alkanes of at least 4 members (excludes halogenated alkanes) is 1. The van der Waals surface area contributed by atoms with Gasteiger partial charge in [-0.15, -0.1) is 0 Å². The summed E-state index contributed by atoms with van der Waals surface area (Å²) < 4.78 is 13.5. The number of amides is 3. The van der Waals surface area contributed by atoms with Crippen LogP contribution in [0.3, 0.4) is 0 Å². The van der Waals surface area contributed by atoms with Crippen LogP contribution in [0.25, 0.3) is 11.3 Å². The van der Waals surface area contributed by atoms with Crippen LogP contribution >= 0.6 is 0 Å². The van der Waals surface area contributed by atoms with Gasteiger partial charge >= 0.3 is 6.09 Å². The van der Waals surface area contributed by atoms with Gasteiger partial charge in [0.2, 0.25) is 0 Å². The van der Waals surface area contributed by atoms with Crippen molar-refractivity contribution in [2.45, 2.75) is 72.0 Å². The Labute approximate surface area is 325 Å². The molecule has 10 nitrogen and oxygen atoms in total. The number of rotatable bonds is 11. The highest BCUT2D eigenvalue weighted by Crippen LogP contribution is 2.36. The lowest BCUT2D eigenvalue weighted by Gasteiger charge is -2.41. The lowest BCUT2D eigenvalue weighted by Crippen LogP contribution is -2.52. The zero-order chi connectivity index (χ0) is 38.5. The van der Waals surface area contributed by atoms with E-state index in [1.807, 2.05) is 55.3 Å². The Morgan fingerprint density at radius 1 is 0.818 bits per heavy atom. The van der Waals surface area contributed by atoms with Crippen LogP contribution in [-0.4, -0.2) is 101 Å². The molecule has 1 fully saturated rings. The quantitative estimate of drug-likeness (QED) is 0.163. The fourth-order valence-corrected chi connectivity index (χ4v) is 8.31. The summed E-state index contributed by atoms with van der Waals surface area (Å²) in [6, 6.07) is 23.7. The van der Waals surface area contributed by atoms with Gasteiger partial charge in [0.05, 0.1) is 18.8 Å². The molecule has 0 radical (unpaired) electrons. The van der Waals surface area contributed by atoms with Gasteiger partial charge in [-0.3, -0.25) is 14.5 Å². The van der Waals surface area contributed by atoms with Crippen molar-refractivity contribution >= 4 is 17.9 Å². The number of ether oxygens (including phenoxy) is 2. The average Bonchev–Trinajstić information content (AvgIpc) is 3.51. The third-order valence-electron chi connectivity index (χ3n) is 11.6. The standard InChI is InChI=1S/C45H55N5O5/c1-5-7-19-48(18-6-2)43(51)39-28-42(46(4)32(39)3)40-26-34-17-20-49(45(53)55-38-15-9-8-10-16-38)29-36(34)27-41(40)44(52)50-30-35-14-12-11-13-33(35)25-37(50)31-47-21-23-54-24-22-47/h8-16,26-28,37H,5-7,17-25,29-31H2,1-4H3/t37-/m0/s1. The van der Waals surface area contributed by atoms with E-state index < -0.39 is 6.09 Å². The molecule has 0 aliphatic carbocycles. The van der Waals surface area contributed by atoms with Crippen LogP contribution in [-0.2, 0) is 37.7 Å². The van der Waals surface area contributed by atoms with Gasteiger partial charge in [0.25, 0.3) is 11.8 Å². The Balaban J connectivity index is 1.29. The SMILES string of the molecule is CCCCN(CCC)C(=O)c1cc(-c2cc3c(cc2C(=O)N2Cc4ccccc4C[C@H]2CN2CCOCC2)CN(C(=O)Oc2ccccc2)CC3)n(C)c1C. The molecule has 1 atom stereocenters. The van der Waals surface area contributed by atoms with E-state index >= 15 is 4.79 Å². The Morgan fingerprint density at radius 3 is 2.31 bits per heavy atom. The highest BCUT2D eigenvalue weighted by molar-refractivity contribution is 6.03. The second-order valence-corrected chi connectivity index (χ2v) is 15.2. The number of fused-ring (bicyclic) bond motifs is 2. The number of nitrogens with zero attached hydrogens (tertiary/aromatic N) is 5. The molecule has 0 bridgehead atoms. The van der Waals surface area contributed by atoms with E-state index in [2.05, 4.69) is 52.5 Å². The van der Waals surface area contributed by atoms with Crippen molar-refractivity contribution in [3.63, 3.8) is 0 Å². The minimum atomic E-state index is -0.409. The van der Waals surface area contributed by atoms with Crippen molar-refractivity contribution in [3.05, 3.63) is 112 Å². The largest absolute Gasteiger partial charge is 0.415 e. The fraction of sp³-hybridized carbons (Fsp3) is 0.444. The number of benzene rings is 3. The maximum Gasteiger partial charge on any atom is 0.415 e. The highest BCUT2D eigenvalue weighted by atomic mass is 16.6. The normalized spacial score (nSPS) is 17.1. The minimum Gasteiger partial charge on any atom is -0.410 e. The fourth-order valence-electron chi connectivity index (χ4n) is 8.31. The summed E-state index contributed by atoms with van der Waals surface area (Å²) in [5.41, 5.74) is 8.25. The van der Waals surface area contributed by atoms with Crippen LogP contribution in [0.15, 0.2) is 72.8 Å². The molecular formula is C45H55N5O5. The molecule has 4 aromatic rings. The van der Waals surface area contributed by atoms with Gasteiger partial charge in [0, 0.05) is 88.0 Å². The molecule has 0 N–H and O–H groups in total. The van der Waals surface area contributed by atoms with E-state index in [1.54, 1.807) is 17.0 Å². The van der Waals surface area contributed by atoms with Crippen molar-refractivity contribution in [1.82, 2.24) is 24.2 Å². The third-order valence-corrected chi connectivity index (χ3v) is 11.6. The summed E-state index contributed by atoms with van der Waals surface area (Å²) in [6.07, 6.45) is 3.83. The maximum atomic E-state index is 15.3. The van der Waals surface area contributed by atoms with Crippen LogP contribution in [0.1, 0.15) is 81.8 Å². The lowest BCUT2D eigenvalue weighted by molar-refractivity contribution is 0.0193. The van der Waals surface area contributed by atoms with E-state index in [4.69, 9.17) is 9.47 Å². The molecule has 55 heavy (non-hydrogen) atoms. The number of carbonyl (C=O) groups is 3. The van der Waals surface area contributed by atoms with E-state index in [1.165, 1.54) is 5.56 Å². The van der Waals surface area contributed by atoms with Crippen LogP contribution in [0.2, 0.25) is 0 Å². The molecule has 1 saturated heterocycles. The number of carbonyl (C=O) groups excluding carboxylic acids is 3. The van der Waals surface area contributed by atoms with E-state index in [-0.39, 0.29) is 17.9 Å². The summed E-state index contributed by atoms with van der Waals surface area (Å²) in [5, 5.41) is 0. The second-order valence-electron chi connectivity index (χ2n) is 15.2. The van der Waals surface area contributed by atoms with E-state index in [0.29, 0.717) is 62.7 Å². The second kappa shape index (κ2) is 17.3. The van der Waals surface area contributed by atoms with Gasteiger partial charge in [-0.2, -0.15) is 0 Å². The first-order chi connectivity index (χ1) is 26.7. The Kier molecular flexibility index (Phi) is 12.0. The summed E-state index contributed by atoms with van der Waals surface area (Å²) in [6.45, 7) is 12.8. The summed E-state index contributed by atoms with van der Waals surface area (Å²) >= 11 is 0. The van der Waals surface area contributed by atoms with Gasteiger partial charge in [-0.1, -0.05) is 62.7 Å². The summed E-state index contributed by atoms with van der Waals surface area (Å²) in [7, 11) is 1.99. The van der Waals surface area contributed by atoms with Gasteiger partial charge in [-0.05, 0) is 85.2 Å². The van der Waals surface area contributed by atoms with E-state index in [0.717, 1.165) is 85.5 Å². The zero-order valence-corrected chi connectivity index (χ0v) is 32.9. The number of hydrogen-bond donors (Lipinski definition) is 0. The summed E-state index contributed by atoms with van der Waals surface area (Å²) in [5.74, 6) is 0.487. The van der Waals surface area contributed by atoms with Gasteiger partial charge in [0.15, 0.2) is 0 Å². The number of hydrogen-bond acceptors (Lipinski definition) is 6. The number of morpholine rings is 1. The van der Waals surface area contributed by atoms with Crippen molar-refractivity contribution in [2.24, 2.45) is 7.05 Å². The molecule has 290 valence electrons. The van der Waals surface area contributed by atoms with Crippen molar-refractivity contribution < 1.29 is 23.9 Å². The molecular weight excluding hydrogens is 691 g/mol. The van der Waals surface area contributed by atoms with Crippen LogP contribution in [0.5, 0.6) is 5.75 Å². The monoisotopic (exact) mass is 745 g/mol. The zero-order valence-electron chi connectivity index (χ0n) is 32.9. The predicted molar refractivity (Wildman–Crippen MR) is 214 cm³/mol. The van der Waals surface area contributed by atoms with Gasteiger partial charge < -0.3 is 28.7 Å². The van der Waals surface area contributed by atoms with Crippen LogP contribution < -0.4 is 4.74 Å². The van der Waals surface area contributed by atoms with Gasteiger partial charge in [0.1, 0.15) is 5.75 Å². The van der Waals surface area contributed by atoms with Crippen molar-refractivity contribution in [2.75, 3.05) is 52.5 Å². The average molecular weight is 746 g/mol. The molecule has 4 heterocycles.